The summed E-state index contributed by atoms with van der Waals surface area (Å²) in [6.07, 6.45) is 0. The van der Waals surface area contributed by atoms with Gasteiger partial charge in [-0.15, -0.1) is 0 Å². The minimum absolute atomic E-state index is 0.219. The van der Waals surface area contributed by atoms with Crippen LogP contribution in [-0.2, 0) is 13.1 Å². The zero-order valence-electron chi connectivity index (χ0n) is 19.0. The highest BCUT2D eigenvalue weighted by Crippen LogP contribution is 2.32. The van der Waals surface area contributed by atoms with Gasteiger partial charge in [-0.2, -0.15) is 5.10 Å². The number of rotatable bonds is 6. The molecule has 172 valence electrons. The van der Waals surface area contributed by atoms with Gasteiger partial charge in [0.15, 0.2) is 17.2 Å². The molecule has 1 N–H and O–H groups in total. The first kappa shape index (κ1) is 22.0. The van der Waals surface area contributed by atoms with Crippen molar-refractivity contribution in [3.05, 3.63) is 99.7 Å². The van der Waals surface area contributed by atoms with Crippen LogP contribution in [0, 0.1) is 13.8 Å². The minimum Gasteiger partial charge on any atom is -0.454 e. The Morgan fingerprint density at radius 2 is 1.74 bits per heavy atom. The van der Waals surface area contributed by atoms with Gasteiger partial charge >= 0.3 is 0 Å². The number of hydrogen-bond donors (Lipinski definition) is 1. The maximum absolute atomic E-state index is 13.0. The lowest BCUT2D eigenvalue weighted by atomic mass is 10.1. The number of hydrogen-bond acceptors (Lipinski definition) is 4. The van der Waals surface area contributed by atoms with Crippen molar-refractivity contribution in [2.45, 2.75) is 26.9 Å². The summed E-state index contributed by atoms with van der Waals surface area (Å²) in [5.74, 6) is 1.16. The first-order chi connectivity index (χ1) is 16.5. The Labute approximate surface area is 203 Å². The van der Waals surface area contributed by atoms with Gasteiger partial charge < -0.3 is 14.8 Å². The third-order valence-electron chi connectivity index (χ3n) is 5.81. The third-order valence-corrected chi connectivity index (χ3v) is 6.23. The molecular weight excluding hydrogens is 450 g/mol. The Bertz CT molecular complexity index is 1360. The number of fused-ring (bicyclic) bond motifs is 1. The maximum Gasteiger partial charge on any atom is 0.272 e. The second kappa shape index (κ2) is 9.23. The normalized spacial score (nSPS) is 12.1. The van der Waals surface area contributed by atoms with Crippen molar-refractivity contribution in [2.75, 3.05) is 6.79 Å². The molecule has 5 rings (SSSR count). The molecule has 0 unspecified atom stereocenters. The van der Waals surface area contributed by atoms with Crippen LogP contribution in [0.15, 0.2) is 66.7 Å². The van der Waals surface area contributed by atoms with Gasteiger partial charge in [0.05, 0.1) is 12.2 Å². The average Bonchev–Trinajstić information content (AvgIpc) is 3.47. The van der Waals surface area contributed by atoms with Crippen LogP contribution in [0.1, 0.15) is 32.7 Å². The fourth-order valence-electron chi connectivity index (χ4n) is 3.87. The van der Waals surface area contributed by atoms with E-state index in [1.54, 1.807) is 0 Å². The molecule has 3 aromatic carbocycles. The topological polar surface area (TPSA) is 65.4 Å². The number of aryl methyl sites for hydroxylation is 2. The average molecular weight is 474 g/mol. The van der Waals surface area contributed by atoms with E-state index in [2.05, 4.69) is 41.6 Å². The summed E-state index contributed by atoms with van der Waals surface area (Å²) in [7, 11) is 0. The van der Waals surface area contributed by atoms with Crippen molar-refractivity contribution in [2.24, 2.45) is 0 Å². The summed E-state index contributed by atoms with van der Waals surface area (Å²) in [6.45, 7) is 5.15. The molecule has 1 aromatic heterocycles. The van der Waals surface area contributed by atoms with Crippen molar-refractivity contribution in [3.8, 4) is 22.8 Å². The van der Waals surface area contributed by atoms with Crippen LogP contribution in [0.2, 0.25) is 5.02 Å². The summed E-state index contributed by atoms with van der Waals surface area (Å²) in [5.41, 5.74) is 6.36. The lowest BCUT2D eigenvalue weighted by molar-refractivity contribution is 0.0945. The predicted octanol–water partition coefficient (Wildman–Crippen LogP) is 5.53. The van der Waals surface area contributed by atoms with Crippen LogP contribution in [0.4, 0.5) is 0 Å². The number of nitrogens with one attached hydrogen (secondary N) is 1. The maximum atomic E-state index is 13.0. The van der Waals surface area contributed by atoms with Gasteiger partial charge in [0.1, 0.15) is 0 Å². The molecule has 0 atom stereocenters. The molecule has 0 saturated heterocycles. The van der Waals surface area contributed by atoms with E-state index < -0.39 is 0 Å². The molecule has 1 amide bonds. The van der Waals surface area contributed by atoms with E-state index in [0.717, 1.165) is 27.9 Å². The van der Waals surface area contributed by atoms with E-state index in [1.165, 1.54) is 5.56 Å². The van der Waals surface area contributed by atoms with Gasteiger partial charge in [0.25, 0.3) is 5.91 Å². The largest absolute Gasteiger partial charge is 0.454 e. The molecule has 4 aromatic rings. The van der Waals surface area contributed by atoms with Crippen LogP contribution in [-0.4, -0.2) is 22.5 Å². The van der Waals surface area contributed by atoms with E-state index in [-0.39, 0.29) is 12.7 Å². The molecular formula is C27H24ClN3O3. The van der Waals surface area contributed by atoms with E-state index in [0.29, 0.717) is 35.3 Å². The number of nitrogens with zero attached hydrogens (tertiary/aromatic N) is 2. The number of benzene rings is 3. The monoisotopic (exact) mass is 473 g/mol. The van der Waals surface area contributed by atoms with Gasteiger partial charge in [0.2, 0.25) is 6.79 Å². The number of carbonyl (C=O) groups excluding carboxylic acids is 1. The van der Waals surface area contributed by atoms with Crippen molar-refractivity contribution in [1.82, 2.24) is 15.1 Å². The molecule has 34 heavy (non-hydrogen) atoms. The Morgan fingerprint density at radius 3 is 2.53 bits per heavy atom. The van der Waals surface area contributed by atoms with Crippen molar-refractivity contribution in [3.63, 3.8) is 0 Å². The summed E-state index contributed by atoms with van der Waals surface area (Å²) in [5, 5.41) is 8.32. The number of amides is 1. The second-order valence-corrected chi connectivity index (χ2v) is 8.80. The Kier molecular flexibility index (Phi) is 5.99. The molecule has 1 aliphatic rings. The zero-order chi connectivity index (χ0) is 23.7. The highest BCUT2D eigenvalue weighted by molar-refractivity contribution is 6.31. The van der Waals surface area contributed by atoms with Crippen LogP contribution < -0.4 is 14.8 Å². The SMILES string of the molecule is Cc1ccc(Cn2nc(C(=O)NCc3ccc4c(c3)OCO4)cc2-c2ccc(Cl)c(C)c2)cc1. The van der Waals surface area contributed by atoms with Gasteiger partial charge in [0, 0.05) is 17.1 Å². The first-order valence-electron chi connectivity index (χ1n) is 11.0. The van der Waals surface area contributed by atoms with Crippen molar-refractivity contribution < 1.29 is 14.3 Å². The van der Waals surface area contributed by atoms with E-state index in [4.69, 9.17) is 21.1 Å². The number of halogens is 1. The number of aromatic nitrogens is 2. The Balaban J connectivity index is 1.41. The van der Waals surface area contributed by atoms with Gasteiger partial charge in [-0.1, -0.05) is 53.6 Å². The first-order valence-corrected chi connectivity index (χ1v) is 11.4. The van der Waals surface area contributed by atoms with Crippen LogP contribution in [0.25, 0.3) is 11.3 Å². The molecule has 0 saturated carbocycles. The fraction of sp³-hybridized carbons (Fsp3) is 0.185. The van der Waals surface area contributed by atoms with Crippen molar-refractivity contribution >= 4 is 17.5 Å². The van der Waals surface area contributed by atoms with E-state index >= 15 is 0 Å². The number of ether oxygens (including phenoxy) is 2. The summed E-state index contributed by atoms with van der Waals surface area (Å²) in [6, 6.07) is 21.6. The summed E-state index contributed by atoms with van der Waals surface area (Å²) >= 11 is 6.24. The minimum atomic E-state index is -0.243. The van der Waals surface area contributed by atoms with Crippen LogP contribution in [0.5, 0.6) is 11.5 Å². The predicted molar refractivity (Wildman–Crippen MR) is 131 cm³/mol. The summed E-state index contributed by atoms with van der Waals surface area (Å²) in [4.78, 5) is 13.0. The molecule has 6 nitrogen and oxygen atoms in total. The van der Waals surface area contributed by atoms with Crippen LogP contribution >= 0.6 is 11.6 Å². The highest BCUT2D eigenvalue weighted by Gasteiger charge is 2.18. The smallest absolute Gasteiger partial charge is 0.272 e. The lowest BCUT2D eigenvalue weighted by Crippen LogP contribution is -2.23. The molecule has 0 bridgehead atoms. The molecule has 0 aliphatic carbocycles. The molecule has 0 fully saturated rings. The number of carbonyl (C=O) groups is 1. The standard InChI is InChI=1S/C27H24ClN3O3/c1-17-3-5-19(6-4-17)15-31-24(21-8-9-22(28)18(2)11-21)13-23(30-31)27(32)29-14-20-7-10-25-26(12-20)34-16-33-25/h3-13H,14-16H2,1-2H3,(H,29,32). The molecule has 1 aliphatic heterocycles. The highest BCUT2D eigenvalue weighted by atomic mass is 35.5. The molecule has 0 spiro atoms. The van der Waals surface area contributed by atoms with Crippen LogP contribution in [0.3, 0.4) is 0 Å². The third kappa shape index (κ3) is 4.63. The van der Waals surface area contributed by atoms with E-state index in [9.17, 15) is 4.79 Å². The van der Waals surface area contributed by atoms with Gasteiger partial charge in [-0.05, 0) is 60.9 Å². The fourth-order valence-corrected chi connectivity index (χ4v) is 3.99. The molecule has 2 heterocycles. The van der Waals surface area contributed by atoms with Gasteiger partial charge in [-0.25, -0.2) is 0 Å². The molecule has 0 radical (unpaired) electrons. The zero-order valence-corrected chi connectivity index (χ0v) is 19.7. The summed E-state index contributed by atoms with van der Waals surface area (Å²) < 4.78 is 12.6. The second-order valence-electron chi connectivity index (χ2n) is 8.39. The van der Waals surface area contributed by atoms with Gasteiger partial charge in [-0.3, -0.25) is 9.48 Å². The van der Waals surface area contributed by atoms with Crippen molar-refractivity contribution in [1.29, 1.82) is 0 Å². The quantitative estimate of drug-likeness (QED) is 0.400. The Morgan fingerprint density at radius 1 is 0.971 bits per heavy atom. The van der Waals surface area contributed by atoms with E-state index in [1.807, 2.05) is 54.1 Å². The molecule has 7 heteroatoms. The lowest BCUT2D eigenvalue weighted by Gasteiger charge is -2.09. The Hall–Kier alpha value is -3.77.